The minimum absolute atomic E-state index is 0.0926. The highest BCUT2D eigenvalue weighted by Gasteiger charge is 2.09. The molecule has 0 unspecified atom stereocenters. The Morgan fingerprint density at radius 3 is 2.58 bits per heavy atom. The van der Waals surface area contributed by atoms with E-state index < -0.39 is 0 Å². The highest BCUT2D eigenvalue weighted by Crippen LogP contribution is 2.31. The van der Waals surface area contributed by atoms with Crippen molar-refractivity contribution in [2.45, 2.75) is 0 Å². The van der Waals surface area contributed by atoms with Gasteiger partial charge in [0.25, 0.3) is 5.91 Å². The first-order chi connectivity index (χ1) is 11.8. The zero-order valence-corrected chi connectivity index (χ0v) is 13.5. The van der Waals surface area contributed by atoms with Crippen molar-refractivity contribution in [3.05, 3.63) is 71.6 Å². The number of para-hydroxylation sites is 1. The molecule has 118 valence electrons. The quantitative estimate of drug-likeness (QED) is 0.756. The number of carbonyl (C=O) groups is 1. The SMILES string of the molecule is N#Cc1ccc(OCC(=O)Nc2ccccc2-c2cccs2)cc1. The Labute approximate surface area is 143 Å². The molecular formula is C19H14N2O2S. The van der Waals surface area contributed by atoms with Crippen LogP contribution in [0.15, 0.2) is 66.0 Å². The van der Waals surface area contributed by atoms with Gasteiger partial charge in [-0.1, -0.05) is 24.3 Å². The molecule has 1 heterocycles. The van der Waals surface area contributed by atoms with E-state index >= 15 is 0 Å². The molecule has 4 nitrogen and oxygen atoms in total. The van der Waals surface area contributed by atoms with Crippen molar-refractivity contribution >= 4 is 22.9 Å². The lowest BCUT2D eigenvalue weighted by atomic mass is 10.1. The fraction of sp³-hybridized carbons (Fsp3) is 0.0526. The maximum Gasteiger partial charge on any atom is 0.262 e. The van der Waals surface area contributed by atoms with E-state index in [9.17, 15) is 4.79 Å². The van der Waals surface area contributed by atoms with Crippen LogP contribution in [0.4, 0.5) is 5.69 Å². The van der Waals surface area contributed by atoms with Crippen LogP contribution in [-0.2, 0) is 4.79 Å². The van der Waals surface area contributed by atoms with E-state index in [1.165, 1.54) is 0 Å². The first kappa shape index (κ1) is 15.8. The van der Waals surface area contributed by atoms with Gasteiger partial charge in [-0.2, -0.15) is 5.26 Å². The van der Waals surface area contributed by atoms with Crippen molar-refractivity contribution in [2.75, 3.05) is 11.9 Å². The third-order valence-electron chi connectivity index (χ3n) is 3.34. The number of nitrogens with zero attached hydrogens (tertiary/aromatic N) is 1. The molecule has 1 N–H and O–H groups in total. The molecule has 0 saturated heterocycles. The zero-order valence-electron chi connectivity index (χ0n) is 12.7. The molecule has 24 heavy (non-hydrogen) atoms. The number of amides is 1. The first-order valence-corrected chi connectivity index (χ1v) is 8.20. The van der Waals surface area contributed by atoms with Crippen LogP contribution in [0.5, 0.6) is 5.75 Å². The van der Waals surface area contributed by atoms with Crippen LogP contribution in [0.2, 0.25) is 0 Å². The second-order valence-corrected chi connectivity index (χ2v) is 5.94. The molecule has 1 aromatic heterocycles. The van der Waals surface area contributed by atoms with Crippen LogP contribution in [0, 0.1) is 11.3 Å². The Kier molecular flexibility index (Phi) is 4.90. The summed E-state index contributed by atoms with van der Waals surface area (Å²) >= 11 is 1.62. The zero-order chi connectivity index (χ0) is 16.8. The molecule has 0 fully saturated rings. The molecule has 0 radical (unpaired) electrons. The molecule has 0 spiro atoms. The van der Waals surface area contributed by atoms with E-state index in [-0.39, 0.29) is 12.5 Å². The predicted octanol–water partition coefficient (Wildman–Crippen LogP) is 4.30. The van der Waals surface area contributed by atoms with Crippen molar-refractivity contribution in [3.63, 3.8) is 0 Å². The maximum atomic E-state index is 12.1. The van der Waals surface area contributed by atoms with Gasteiger partial charge in [-0.15, -0.1) is 11.3 Å². The minimum atomic E-state index is -0.233. The number of carbonyl (C=O) groups excluding carboxylic acids is 1. The molecule has 1 amide bonds. The largest absolute Gasteiger partial charge is 0.484 e. The van der Waals surface area contributed by atoms with Gasteiger partial charge in [0.1, 0.15) is 5.75 Å². The second-order valence-electron chi connectivity index (χ2n) is 5.00. The van der Waals surface area contributed by atoms with E-state index in [1.54, 1.807) is 35.6 Å². The Hall–Kier alpha value is -3.10. The summed E-state index contributed by atoms with van der Waals surface area (Å²) in [5.41, 5.74) is 2.30. The monoisotopic (exact) mass is 334 g/mol. The van der Waals surface area contributed by atoms with Gasteiger partial charge in [0, 0.05) is 16.1 Å². The third-order valence-corrected chi connectivity index (χ3v) is 4.24. The lowest BCUT2D eigenvalue weighted by Crippen LogP contribution is -2.20. The van der Waals surface area contributed by atoms with Crippen LogP contribution < -0.4 is 10.1 Å². The summed E-state index contributed by atoms with van der Waals surface area (Å²) in [7, 11) is 0. The molecule has 0 saturated carbocycles. The van der Waals surface area contributed by atoms with Gasteiger partial charge in [0.2, 0.25) is 0 Å². The average molecular weight is 334 g/mol. The molecule has 0 aliphatic carbocycles. The van der Waals surface area contributed by atoms with Gasteiger partial charge in [-0.25, -0.2) is 0 Å². The normalized spacial score (nSPS) is 9.96. The highest BCUT2D eigenvalue weighted by molar-refractivity contribution is 7.13. The lowest BCUT2D eigenvalue weighted by Gasteiger charge is -2.11. The topological polar surface area (TPSA) is 62.1 Å². The van der Waals surface area contributed by atoms with Gasteiger partial charge < -0.3 is 10.1 Å². The number of ether oxygens (including phenoxy) is 1. The minimum Gasteiger partial charge on any atom is -0.484 e. The van der Waals surface area contributed by atoms with Crippen molar-refractivity contribution in [3.8, 4) is 22.3 Å². The first-order valence-electron chi connectivity index (χ1n) is 7.32. The summed E-state index contributed by atoms with van der Waals surface area (Å²) in [6.07, 6.45) is 0. The Balaban J connectivity index is 1.64. The van der Waals surface area contributed by atoms with Crippen molar-refractivity contribution in [1.82, 2.24) is 0 Å². The smallest absolute Gasteiger partial charge is 0.262 e. The van der Waals surface area contributed by atoms with E-state index in [0.717, 1.165) is 16.1 Å². The molecule has 3 rings (SSSR count). The molecule has 3 aromatic rings. The van der Waals surface area contributed by atoms with Gasteiger partial charge in [0.05, 0.1) is 11.6 Å². The van der Waals surface area contributed by atoms with E-state index in [2.05, 4.69) is 5.32 Å². The summed E-state index contributed by atoms with van der Waals surface area (Å²) in [5.74, 6) is 0.319. The molecule has 2 aromatic carbocycles. The van der Waals surface area contributed by atoms with Gasteiger partial charge in [-0.3, -0.25) is 4.79 Å². The van der Waals surface area contributed by atoms with Crippen LogP contribution >= 0.6 is 11.3 Å². The Morgan fingerprint density at radius 1 is 1.08 bits per heavy atom. The molecular weight excluding hydrogens is 320 g/mol. The molecule has 0 aliphatic rings. The number of hydrogen-bond acceptors (Lipinski definition) is 4. The third kappa shape index (κ3) is 3.80. The predicted molar refractivity (Wildman–Crippen MR) is 95.0 cm³/mol. The van der Waals surface area contributed by atoms with Crippen LogP contribution in [0.3, 0.4) is 0 Å². The number of rotatable bonds is 5. The Bertz CT molecular complexity index is 865. The van der Waals surface area contributed by atoms with Crippen molar-refractivity contribution in [1.29, 1.82) is 5.26 Å². The maximum absolute atomic E-state index is 12.1. The second kappa shape index (κ2) is 7.44. The molecule has 0 atom stereocenters. The van der Waals surface area contributed by atoms with E-state index in [4.69, 9.17) is 10.00 Å². The van der Waals surface area contributed by atoms with Gasteiger partial charge in [-0.05, 0) is 41.8 Å². The summed E-state index contributed by atoms with van der Waals surface area (Å²) in [5, 5.41) is 13.6. The summed E-state index contributed by atoms with van der Waals surface area (Å²) in [6.45, 7) is -0.0926. The average Bonchev–Trinajstić information content (AvgIpc) is 3.15. The number of nitriles is 1. The summed E-state index contributed by atoms with van der Waals surface area (Å²) < 4.78 is 5.45. The van der Waals surface area contributed by atoms with Crippen molar-refractivity contribution < 1.29 is 9.53 Å². The van der Waals surface area contributed by atoms with Crippen LogP contribution in [0.25, 0.3) is 10.4 Å². The summed E-state index contributed by atoms with van der Waals surface area (Å²) in [6, 6.07) is 20.4. The van der Waals surface area contributed by atoms with E-state index in [1.807, 2.05) is 47.8 Å². The number of anilines is 1. The van der Waals surface area contributed by atoms with E-state index in [0.29, 0.717) is 11.3 Å². The number of nitrogens with one attached hydrogen (secondary N) is 1. The highest BCUT2D eigenvalue weighted by atomic mass is 32.1. The van der Waals surface area contributed by atoms with Crippen LogP contribution in [-0.4, -0.2) is 12.5 Å². The van der Waals surface area contributed by atoms with Crippen LogP contribution in [0.1, 0.15) is 5.56 Å². The number of benzene rings is 2. The fourth-order valence-electron chi connectivity index (χ4n) is 2.20. The fourth-order valence-corrected chi connectivity index (χ4v) is 2.97. The van der Waals surface area contributed by atoms with Gasteiger partial charge >= 0.3 is 0 Å². The number of hydrogen-bond donors (Lipinski definition) is 1. The van der Waals surface area contributed by atoms with Crippen molar-refractivity contribution in [2.24, 2.45) is 0 Å². The Morgan fingerprint density at radius 2 is 1.88 bits per heavy atom. The molecule has 0 aliphatic heterocycles. The molecule has 5 heteroatoms. The standard InChI is InChI=1S/C19H14N2O2S/c20-12-14-7-9-15(10-8-14)23-13-19(22)21-17-5-2-1-4-16(17)18-6-3-11-24-18/h1-11H,13H2,(H,21,22). The van der Waals surface area contributed by atoms with Gasteiger partial charge in [0.15, 0.2) is 6.61 Å². The molecule has 0 bridgehead atoms. The summed E-state index contributed by atoms with van der Waals surface area (Å²) in [4.78, 5) is 13.2. The lowest BCUT2D eigenvalue weighted by molar-refractivity contribution is -0.118. The number of thiophene rings is 1.